The van der Waals surface area contributed by atoms with Gasteiger partial charge in [-0.3, -0.25) is 4.79 Å². The molecule has 0 saturated carbocycles. The molecule has 1 aromatic heterocycles. The molecule has 32 heavy (non-hydrogen) atoms. The first-order valence-corrected chi connectivity index (χ1v) is 10.3. The van der Waals surface area contributed by atoms with Crippen LogP contribution in [0.1, 0.15) is 30.7 Å². The number of rotatable bonds is 12. The highest BCUT2D eigenvalue weighted by Gasteiger charge is 2.11. The van der Waals surface area contributed by atoms with Crippen molar-refractivity contribution in [3.63, 3.8) is 0 Å². The van der Waals surface area contributed by atoms with Gasteiger partial charge in [0.25, 0.3) is 0 Å². The first kappa shape index (κ1) is 23.3. The number of amides is 1. The lowest BCUT2D eigenvalue weighted by Crippen LogP contribution is -2.28. The lowest BCUT2D eigenvalue weighted by molar-refractivity contribution is -0.126. The Morgan fingerprint density at radius 1 is 1.09 bits per heavy atom. The second kappa shape index (κ2) is 11.9. The van der Waals surface area contributed by atoms with Crippen LogP contribution >= 0.6 is 0 Å². The second-order valence-electron chi connectivity index (χ2n) is 7.14. The van der Waals surface area contributed by atoms with E-state index >= 15 is 0 Å². The zero-order valence-corrected chi connectivity index (χ0v) is 17.8. The molecular weight excluding hydrogens is 420 g/mol. The number of nitrogens with one attached hydrogen (secondary N) is 1. The van der Waals surface area contributed by atoms with Crippen LogP contribution in [-0.2, 0) is 22.6 Å². The van der Waals surface area contributed by atoms with Gasteiger partial charge in [0.2, 0.25) is 17.6 Å². The van der Waals surface area contributed by atoms with Crippen LogP contribution in [0.5, 0.6) is 5.75 Å². The molecule has 0 aliphatic carbocycles. The summed E-state index contributed by atoms with van der Waals surface area (Å²) in [7, 11) is 1.40. The van der Waals surface area contributed by atoms with E-state index in [-0.39, 0.29) is 30.7 Å². The minimum atomic E-state index is -0.452. The molecule has 0 atom stereocenters. The van der Waals surface area contributed by atoms with Crippen molar-refractivity contribution < 1.29 is 27.6 Å². The van der Waals surface area contributed by atoms with E-state index in [0.717, 1.165) is 24.8 Å². The predicted octanol–water partition coefficient (Wildman–Crippen LogP) is 4.07. The van der Waals surface area contributed by atoms with E-state index in [2.05, 4.69) is 15.5 Å². The molecule has 9 heteroatoms. The number of aromatic nitrogens is 2. The van der Waals surface area contributed by atoms with Crippen LogP contribution in [0.15, 0.2) is 47.0 Å². The van der Waals surface area contributed by atoms with Crippen molar-refractivity contribution in [1.82, 2.24) is 15.5 Å². The van der Waals surface area contributed by atoms with Crippen molar-refractivity contribution in [3.05, 3.63) is 65.6 Å². The number of ether oxygens (including phenoxy) is 2. The van der Waals surface area contributed by atoms with Gasteiger partial charge in [0.1, 0.15) is 12.4 Å². The van der Waals surface area contributed by atoms with Crippen LogP contribution in [0, 0.1) is 11.6 Å². The van der Waals surface area contributed by atoms with E-state index in [4.69, 9.17) is 14.0 Å². The van der Waals surface area contributed by atoms with Gasteiger partial charge in [-0.05, 0) is 48.7 Å². The summed E-state index contributed by atoms with van der Waals surface area (Å²) < 4.78 is 41.9. The smallest absolute Gasteiger partial charge is 0.246 e. The molecule has 0 unspecified atom stereocenters. The molecule has 1 N–H and O–H groups in total. The third kappa shape index (κ3) is 7.12. The van der Waals surface area contributed by atoms with Crippen LogP contribution in [0.4, 0.5) is 8.78 Å². The average molecular weight is 445 g/mol. The highest BCUT2D eigenvalue weighted by molar-refractivity contribution is 5.77. The van der Waals surface area contributed by atoms with Gasteiger partial charge in [-0.2, -0.15) is 4.98 Å². The van der Waals surface area contributed by atoms with Crippen LogP contribution in [0.3, 0.4) is 0 Å². The van der Waals surface area contributed by atoms with E-state index in [0.29, 0.717) is 30.2 Å². The fraction of sp³-hybridized carbons (Fsp3) is 0.348. The van der Waals surface area contributed by atoms with Crippen LogP contribution in [-0.4, -0.2) is 36.3 Å². The summed E-state index contributed by atoms with van der Waals surface area (Å²) in [6.45, 7) is 0.754. The van der Waals surface area contributed by atoms with Gasteiger partial charge in [0.05, 0.1) is 13.7 Å². The molecular formula is C23H25F2N3O4. The number of carbonyl (C=O) groups excluding carboxylic acids is 1. The van der Waals surface area contributed by atoms with E-state index < -0.39 is 5.82 Å². The van der Waals surface area contributed by atoms with Crippen molar-refractivity contribution in [2.24, 2.45) is 0 Å². The number of halogens is 2. The monoisotopic (exact) mass is 445 g/mol. The molecule has 170 valence electrons. The first-order chi connectivity index (χ1) is 15.5. The number of benzene rings is 2. The summed E-state index contributed by atoms with van der Waals surface area (Å²) in [5.74, 6) is 0.0546. The van der Waals surface area contributed by atoms with Gasteiger partial charge < -0.3 is 19.3 Å². The largest absolute Gasteiger partial charge is 0.494 e. The molecule has 7 nitrogen and oxygen atoms in total. The summed E-state index contributed by atoms with van der Waals surface area (Å²) in [6, 6.07) is 10.3. The summed E-state index contributed by atoms with van der Waals surface area (Å²) in [5.41, 5.74) is 1.42. The lowest BCUT2D eigenvalue weighted by Gasteiger charge is -2.06. The van der Waals surface area contributed by atoms with Crippen LogP contribution in [0.25, 0.3) is 11.4 Å². The molecule has 0 saturated heterocycles. The molecule has 0 bridgehead atoms. The topological polar surface area (TPSA) is 86.5 Å². The van der Waals surface area contributed by atoms with Crippen LogP contribution < -0.4 is 10.1 Å². The third-order valence-electron chi connectivity index (χ3n) is 4.68. The van der Waals surface area contributed by atoms with Crippen molar-refractivity contribution in [1.29, 1.82) is 0 Å². The summed E-state index contributed by atoms with van der Waals surface area (Å²) >= 11 is 0. The average Bonchev–Trinajstić information content (AvgIpc) is 3.27. The molecule has 0 spiro atoms. The SMILES string of the molecule is COc1cc(-c2noc(CCCCCNC(=O)COCc3ccc(F)cc3)n2)ccc1F. The van der Waals surface area contributed by atoms with Crippen molar-refractivity contribution >= 4 is 5.91 Å². The van der Waals surface area contributed by atoms with Gasteiger partial charge in [-0.1, -0.05) is 23.7 Å². The van der Waals surface area contributed by atoms with E-state index in [1.54, 1.807) is 18.2 Å². The van der Waals surface area contributed by atoms with Gasteiger partial charge >= 0.3 is 0 Å². The molecule has 0 radical (unpaired) electrons. The number of aryl methyl sites for hydroxylation is 1. The van der Waals surface area contributed by atoms with Crippen molar-refractivity contribution in [2.45, 2.75) is 32.3 Å². The Balaban J connectivity index is 1.28. The standard InChI is InChI=1S/C23H25F2N3O4/c1-30-20-13-17(8-11-19(20)25)23-27-22(32-28-23)5-3-2-4-12-26-21(29)15-31-14-16-6-9-18(24)10-7-16/h6-11,13H,2-5,12,14-15H2,1H3,(H,26,29). The van der Waals surface area contributed by atoms with Gasteiger partial charge in [0.15, 0.2) is 11.6 Å². The molecule has 1 amide bonds. The number of hydrogen-bond acceptors (Lipinski definition) is 6. The van der Waals surface area contributed by atoms with Crippen LogP contribution in [0.2, 0.25) is 0 Å². The quantitative estimate of drug-likeness (QED) is 0.423. The zero-order valence-electron chi connectivity index (χ0n) is 17.8. The summed E-state index contributed by atoms with van der Waals surface area (Å²) in [5, 5.41) is 6.73. The fourth-order valence-electron chi connectivity index (χ4n) is 2.97. The molecule has 0 aliphatic heterocycles. The summed E-state index contributed by atoms with van der Waals surface area (Å²) in [4.78, 5) is 16.1. The minimum Gasteiger partial charge on any atom is -0.494 e. The Labute approximate surface area is 184 Å². The Hall–Kier alpha value is -3.33. The van der Waals surface area contributed by atoms with Gasteiger partial charge in [-0.15, -0.1) is 0 Å². The molecule has 3 aromatic rings. The second-order valence-corrected chi connectivity index (χ2v) is 7.14. The molecule has 0 aliphatic rings. The Morgan fingerprint density at radius 2 is 1.91 bits per heavy atom. The number of nitrogens with zero attached hydrogens (tertiary/aromatic N) is 2. The third-order valence-corrected chi connectivity index (χ3v) is 4.68. The number of unbranched alkanes of at least 4 members (excludes halogenated alkanes) is 2. The first-order valence-electron chi connectivity index (χ1n) is 10.3. The maximum absolute atomic E-state index is 13.5. The lowest BCUT2D eigenvalue weighted by atomic mass is 10.2. The normalized spacial score (nSPS) is 10.8. The highest BCUT2D eigenvalue weighted by atomic mass is 19.1. The number of hydrogen-bond donors (Lipinski definition) is 1. The summed E-state index contributed by atoms with van der Waals surface area (Å²) in [6.07, 6.45) is 3.12. The van der Waals surface area contributed by atoms with E-state index in [9.17, 15) is 13.6 Å². The minimum absolute atomic E-state index is 0.0453. The number of methoxy groups -OCH3 is 1. The Kier molecular flexibility index (Phi) is 8.68. The molecule has 0 fully saturated rings. The predicted molar refractivity (Wildman–Crippen MR) is 113 cm³/mol. The van der Waals surface area contributed by atoms with Gasteiger partial charge in [0, 0.05) is 18.5 Å². The van der Waals surface area contributed by atoms with E-state index in [1.165, 1.54) is 31.4 Å². The highest BCUT2D eigenvalue weighted by Crippen LogP contribution is 2.24. The maximum Gasteiger partial charge on any atom is 0.246 e. The number of carbonyl (C=O) groups is 1. The Morgan fingerprint density at radius 3 is 2.69 bits per heavy atom. The van der Waals surface area contributed by atoms with Gasteiger partial charge in [-0.25, -0.2) is 8.78 Å². The Bertz CT molecular complexity index is 1010. The van der Waals surface area contributed by atoms with Crippen molar-refractivity contribution in [2.75, 3.05) is 20.3 Å². The fourth-order valence-corrected chi connectivity index (χ4v) is 2.97. The molecule has 3 rings (SSSR count). The molecule has 1 heterocycles. The van der Waals surface area contributed by atoms with E-state index in [1.807, 2.05) is 0 Å². The van der Waals surface area contributed by atoms with Crippen molar-refractivity contribution in [3.8, 4) is 17.1 Å². The molecule has 2 aromatic carbocycles. The zero-order chi connectivity index (χ0) is 22.8. The maximum atomic E-state index is 13.5.